The van der Waals surface area contributed by atoms with E-state index in [9.17, 15) is 5.11 Å². The molecule has 1 saturated heterocycles. The van der Waals surface area contributed by atoms with E-state index in [0.717, 1.165) is 17.5 Å². The van der Waals surface area contributed by atoms with Crippen molar-refractivity contribution in [1.82, 2.24) is 0 Å². The van der Waals surface area contributed by atoms with E-state index in [-0.39, 0.29) is 17.5 Å². The van der Waals surface area contributed by atoms with Crippen LogP contribution in [-0.2, 0) is 9.31 Å². The van der Waals surface area contributed by atoms with Crippen LogP contribution in [0.15, 0.2) is 48.5 Å². The van der Waals surface area contributed by atoms with Crippen molar-refractivity contribution in [2.45, 2.75) is 38.9 Å². The highest BCUT2D eigenvalue weighted by molar-refractivity contribution is 6.62. The Balaban J connectivity index is 1.96. The summed E-state index contributed by atoms with van der Waals surface area (Å²) in [7, 11) is -0.539. The largest absolute Gasteiger partial charge is 0.508 e. The van der Waals surface area contributed by atoms with E-state index >= 15 is 0 Å². The lowest BCUT2D eigenvalue weighted by Gasteiger charge is -2.38. The van der Waals surface area contributed by atoms with Gasteiger partial charge in [-0.15, -0.1) is 0 Å². The summed E-state index contributed by atoms with van der Waals surface area (Å²) in [6.45, 7) is 6.14. The molecule has 4 heteroatoms. The third-order valence-electron chi connectivity index (χ3n) is 3.95. The second-order valence-corrected chi connectivity index (χ2v) is 6.50. The molecule has 0 aliphatic carbocycles. The summed E-state index contributed by atoms with van der Waals surface area (Å²) >= 11 is 0. The zero-order chi connectivity index (χ0) is 15.7. The van der Waals surface area contributed by atoms with Gasteiger partial charge in [0.2, 0.25) is 0 Å². The van der Waals surface area contributed by atoms with Crippen molar-refractivity contribution < 1.29 is 14.4 Å². The molecule has 114 valence electrons. The fourth-order valence-corrected chi connectivity index (χ4v) is 3.01. The van der Waals surface area contributed by atoms with Gasteiger partial charge in [0, 0.05) is 11.6 Å². The third-order valence-corrected chi connectivity index (χ3v) is 3.95. The average Bonchev–Trinajstić information content (AvgIpc) is 2.46. The molecule has 1 N–H and O–H groups in total. The first-order chi connectivity index (χ1) is 10.4. The number of aromatic hydroxyl groups is 1. The van der Waals surface area contributed by atoms with Gasteiger partial charge in [0.25, 0.3) is 0 Å². The molecule has 0 saturated carbocycles. The van der Waals surface area contributed by atoms with E-state index in [4.69, 9.17) is 9.31 Å². The van der Waals surface area contributed by atoms with Gasteiger partial charge in [-0.1, -0.05) is 42.5 Å². The predicted octanol–water partition coefficient (Wildman–Crippen LogP) is 3.36. The molecule has 1 heterocycles. The van der Waals surface area contributed by atoms with Crippen molar-refractivity contribution in [2.24, 2.45) is 0 Å². The molecule has 1 atom stereocenters. The highest BCUT2D eigenvalue weighted by Crippen LogP contribution is 2.28. The van der Waals surface area contributed by atoms with E-state index in [0.29, 0.717) is 5.46 Å². The minimum Gasteiger partial charge on any atom is -0.508 e. The van der Waals surface area contributed by atoms with Gasteiger partial charge in [-0.2, -0.15) is 0 Å². The van der Waals surface area contributed by atoms with Crippen LogP contribution in [0.1, 0.15) is 27.2 Å². The van der Waals surface area contributed by atoms with Gasteiger partial charge in [0.05, 0.1) is 5.60 Å². The number of benzene rings is 2. The Bertz CT molecular complexity index is 655. The van der Waals surface area contributed by atoms with Gasteiger partial charge in [-0.25, -0.2) is 0 Å². The summed E-state index contributed by atoms with van der Waals surface area (Å²) in [6.07, 6.45) is 0.927. The van der Waals surface area contributed by atoms with Crippen LogP contribution in [0, 0.1) is 0 Å². The summed E-state index contributed by atoms with van der Waals surface area (Å²) in [4.78, 5) is 0. The molecule has 1 aliphatic heterocycles. The molecule has 0 spiro atoms. The number of hydrogen-bond acceptors (Lipinski definition) is 3. The molecule has 2 aromatic rings. The van der Waals surface area contributed by atoms with Crippen LogP contribution in [0.2, 0.25) is 0 Å². The van der Waals surface area contributed by atoms with Gasteiger partial charge in [-0.05, 0) is 44.4 Å². The number of phenols is 1. The minimum atomic E-state index is -0.539. The van der Waals surface area contributed by atoms with Crippen molar-refractivity contribution in [2.75, 3.05) is 0 Å². The van der Waals surface area contributed by atoms with Gasteiger partial charge in [0.1, 0.15) is 5.75 Å². The van der Waals surface area contributed by atoms with Gasteiger partial charge < -0.3 is 14.4 Å². The smallest absolute Gasteiger partial charge is 0.498 e. The first-order valence-corrected chi connectivity index (χ1v) is 7.66. The number of hydrogen-bond donors (Lipinski definition) is 1. The first-order valence-electron chi connectivity index (χ1n) is 7.66. The second kappa shape index (κ2) is 5.78. The summed E-state index contributed by atoms with van der Waals surface area (Å²) in [5.74, 6) is 0.203. The van der Waals surface area contributed by atoms with Gasteiger partial charge >= 0.3 is 7.12 Å². The van der Waals surface area contributed by atoms with Gasteiger partial charge in [0.15, 0.2) is 0 Å². The van der Waals surface area contributed by atoms with Crippen molar-refractivity contribution in [1.29, 1.82) is 0 Å². The molecule has 0 radical (unpaired) electrons. The maximum atomic E-state index is 10.2. The quantitative estimate of drug-likeness (QED) is 0.864. The SMILES string of the molecule is C[C@@H]1CC(C)(C)OB(c2cc(-c3ccccc3)ccc2O)O1. The van der Waals surface area contributed by atoms with Crippen LogP contribution >= 0.6 is 0 Å². The second-order valence-electron chi connectivity index (χ2n) is 6.50. The van der Waals surface area contributed by atoms with Crippen molar-refractivity contribution in [3.8, 4) is 16.9 Å². The highest BCUT2D eigenvalue weighted by atomic mass is 16.6. The molecule has 1 fully saturated rings. The van der Waals surface area contributed by atoms with E-state index in [1.807, 2.05) is 49.4 Å². The van der Waals surface area contributed by atoms with Crippen LogP contribution in [0.3, 0.4) is 0 Å². The molecule has 1 aliphatic rings. The molecule has 3 rings (SSSR count). The number of phenolic OH excluding ortho intramolecular Hbond substituents is 1. The van der Waals surface area contributed by atoms with Gasteiger partial charge in [-0.3, -0.25) is 0 Å². The summed E-state index contributed by atoms with van der Waals surface area (Å²) < 4.78 is 11.9. The molecule has 22 heavy (non-hydrogen) atoms. The molecular formula is C18H21BO3. The lowest BCUT2D eigenvalue weighted by atomic mass is 9.73. The Labute approximate surface area is 132 Å². The Morgan fingerprint density at radius 2 is 1.82 bits per heavy atom. The van der Waals surface area contributed by atoms with Crippen LogP contribution in [0.4, 0.5) is 0 Å². The summed E-state index contributed by atoms with van der Waals surface area (Å²) in [5.41, 5.74) is 2.56. The molecule has 0 unspecified atom stereocenters. The lowest BCUT2D eigenvalue weighted by Crippen LogP contribution is -2.51. The van der Waals surface area contributed by atoms with E-state index in [1.165, 1.54) is 0 Å². The normalized spacial score (nSPS) is 20.9. The van der Waals surface area contributed by atoms with Crippen molar-refractivity contribution in [3.05, 3.63) is 48.5 Å². The monoisotopic (exact) mass is 296 g/mol. The molecular weight excluding hydrogens is 275 g/mol. The van der Waals surface area contributed by atoms with Crippen LogP contribution in [0.25, 0.3) is 11.1 Å². The summed E-state index contributed by atoms with van der Waals surface area (Å²) in [6, 6.07) is 15.6. The number of rotatable bonds is 2. The highest BCUT2D eigenvalue weighted by Gasteiger charge is 2.39. The molecule has 0 aromatic heterocycles. The minimum absolute atomic E-state index is 0.0912. The summed E-state index contributed by atoms with van der Waals surface area (Å²) in [5, 5.41) is 10.2. The zero-order valence-corrected chi connectivity index (χ0v) is 13.2. The standard InChI is InChI=1S/C18H21BO3/c1-13-12-18(2,3)22-19(21-13)16-11-15(9-10-17(16)20)14-7-5-4-6-8-14/h4-11,13,20H,12H2,1-3H3/t13-/m1/s1. The Morgan fingerprint density at radius 3 is 2.50 bits per heavy atom. The van der Waals surface area contributed by atoms with Crippen LogP contribution < -0.4 is 5.46 Å². The zero-order valence-electron chi connectivity index (χ0n) is 13.2. The topological polar surface area (TPSA) is 38.7 Å². The molecule has 0 bridgehead atoms. The average molecular weight is 296 g/mol. The first kappa shape index (κ1) is 15.1. The van der Waals surface area contributed by atoms with E-state index in [2.05, 4.69) is 13.8 Å². The Kier molecular flexibility index (Phi) is 3.98. The fourth-order valence-electron chi connectivity index (χ4n) is 3.01. The molecule has 2 aromatic carbocycles. The predicted molar refractivity (Wildman–Crippen MR) is 89.3 cm³/mol. The Morgan fingerprint density at radius 1 is 1.09 bits per heavy atom. The Hall–Kier alpha value is -1.78. The maximum Gasteiger partial charge on any atom is 0.498 e. The molecule has 3 nitrogen and oxygen atoms in total. The van der Waals surface area contributed by atoms with Crippen LogP contribution in [-0.4, -0.2) is 23.9 Å². The fraction of sp³-hybridized carbons (Fsp3) is 0.333. The lowest BCUT2D eigenvalue weighted by molar-refractivity contribution is -0.0230. The van der Waals surface area contributed by atoms with E-state index in [1.54, 1.807) is 6.07 Å². The third kappa shape index (κ3) is 3.18. The van der Waals surface area contributed by atoms with E-state index < -0.39 is 7.12 Å². The van der Waals surface area contributed by atoms with Crippen molar-refractivity contribution >= 4 is 12.6 Å². The van der Waals surface area contributed by atoms with Crippen molar-refractivity contribution in [3.63, 3.8) is 0 Å². The van der Waals surface area contributed by atoms with Crippen LogP contribution in [0.5, 0.6) is 5.75 Å². The molecule has 0 amide bonds. The maximum absolute atomic E-state index is 10.2.